The molecule has 0 saturated carbocycles. The van der Waals surface area contributed by atoms with E-state index in [-0.39, 0.29) is 5.78 Å². The molecular formula is C13H12O3. The summed E-state index contributed by atoms with van der Waals surface area (Å²) in [6.45, 7) is 5.11. The van der Waals surface area contributed by atoms with Gasteiger partial charge in [0.25, 0.3) is 0 Å². The van der Waals surface area contributed by atoms with Crippen molar-refractivity contribution in [1.29, 1.82) is 0 Å². The summed E-state index contributed by atoms with van der Waals surface area (Å²) in [5.41, 5.74) is 1.86. The average molecular weight is 216 g/mol. The van der Waals surface area contributed by atoms with E-state index in [1.807, 2.05) is 0 Å². The van der Waals surface area contributed by atoms with Crippen LogP contribution >= 0.6 is 0 Å². The van der Waals surface area contributed by atoms with E-state index in [4.69, 9.17) is 4.74 Å². The highest BCUT2D eigenvalue weighted by atomic mass is 16.5. The summed E-state index contributed by atoms with van der Waals surface area (Å²) < 4.78 is 5.18. The molecule has 0 N–H and O–H groups in total. The molecule has 3 nitrogen and oxygen atoms in total. The zero-order valence-corrected chi connectivity index (χ0v) is 9.08. The molecule has 1 aliphatic rings. The lowest BCUT2D eigenvalue weighted by Gasteiger charge is -2.07. The minimum absolute atomic E-state index is 0.114. The smallest absolute Gasteiger partial charge is 0.338 e. The zero-order chi connectivity index (χ0) is 11.7. The highest BCUT2D eigenvalue weighted by Crippen LogP contribution is 2.30. The second-order valence-corrected chi connectivity index (χ2v) is 3.88. The molecule has 3 heteroatoms. The largest absolute Gasteiger partial charge is 0.423 e. The van der Waals surface area contributed by atoms with Crippen LogP contribution in [-0.4, -0.2) is 11.8 Å². The number of rotatable bonds is 2. The van der Waals surface area contributed by atoms with Crippen LogP contribution in [0.25, 0.3) is 0 Å². The molecule has 0 spiro atoms. The fourth-order valence-electron chi connectivity index (χ4n) is 1.74. The Bertz CT molecular complexity index is 486. The van der Waals surface area contributed by atoms with Gasteiger partial charge in [0, 0.05) is 23.1 Å². The van der Waals surface area contributed by atoms with Crippen molar-refractivity contribution in [3.63, 3.8) is 0 Å². The van der Waals surface area contributed by atoms with Gasteiger partial charge in [-0.05, 0) is 19.4 Å². The maximum Gasteiger partial charge on any atom is 0.338 e. The van der Waals surface area contributed by atoms with Crippen molar-refractivity contribution in [2.24, 2.45) is 0 Å². The fourth-order valence-corrected chi connectivity index (χ4v) is 1.74. The molecule has 0 fully saturated rings. The Morgan fingerprint density at radius 3 is 2.81 bits per heavy atom. The predicted molar refractivity (Wildman–Crippen MR) is 59.5 cm³/mol. The number of Topliss-reactive ketones (excluding diaryl/α,β-unsaturated/α-hetero) is 1. The fraction of sp³-hybridized carbons (Fsp3) is 0.231. The molecule has 82 valence electrons. The molecule has 0 atom stereocenters. The zero-order valence-electron chi connectivity index (χ0n) is 9.08. The maximum absolute atomic E-state index is 11.5. The Kier molecular flexibility index (Phi) is 2.60. The molecule has 0 heterocycles. The van der Waals surface area contributed by atoms with Crippen molar-refractivity contribution in [2.45, 2.75) is 19.8 Å². The summed E-state index contributed by atoms with van der Waals surface area (Å²) in [4.78, 5) is 22.9. The minimum atomic E-state index is -0.451. The topological polar surface area (TPSA) is 43.4 Å². The third-order valence-electron chi connectivity index (χ3n) is 2.59. The molecule has 0 aromatic heterocycles. The second kappa shape index (κ2) is 3.93. The number of carbonyl (C=O) groups excluding carboxylic acids is 2. The molecule has 1 aliphatic carbocycles. The van der Waals surface area contributed by atoms with Gasteiger partial charge in [0.2, 0.25) is 0 Å². The van der Waals surface area contributed by atoms with Gasteiger partial charge in [0.05, 0.1) is 0 Å². The van der Waals surface area contributed by atoms with Gasteiger partial charge < -0.3 is 4.74 Å². The highest BCUT2D eigenvalue weighted by molar-refractivity contribution is 6.01. The van der Waals surface area contributed by atoms with Crippen molar-refractivity contribution >= 4 is 11.8 Å². The lowest BCUT2D eigenvalue weighted by atomic mass is 10.1. The lowest BCUT2D eigenvalue weighted by Crippen LogP contribution is -2.09. The number of benzene rings is 1. The van der Waals surface area contributed by atoms with E-state index < -0.39 is 5.97 Å². The molecule has 1 aromatic carbocycles. The van der Waals surface area contributed by atoms with Crippen molar-refractivity contribution < 1.29 is 14.3 Å². The molecule has 0 unspecified atom stereocenters. The van der Waals surface area contributed by atoms with Gasteiger partial charge >= 0.3 is 5.97 Å². The molecule has 2 rings (SSSR count). The quantitative estimate of drug-likeness (QED) is 0.433. The second-order valence-electron chi connectivity index (χ2n) is 3.88. The number of ketones is 1. The monoisotopic (exact) mass is 216 g/mol. The van der Waals surface area contributed by atoms with Crippen molar-refractivity contribution in [3.05, 3.63) is 41.5 Å². The van der Waals surface area contributed by atoms with Gasteiger partial charge in [0.1, 0.15) is 5.75 Å². The Labute approximate surface area is 93.7 Å². The number of ether oxygens (including phenoxy) is 1. The lowest BCUT2D eigenvalue weighted by molar-refractivity contribution is -0.130. The number of hydrogen-bond donors (Lipinski definition) is 0. The van der Waals surface area contributed by atoms with Crippen LogP contribution in [0.5, 0.6) is 5.75 Å². The van der Waals surface area contributed by atoms with E-state index in [9.17, 15) is 9.59 Å². The van der Waals surface area contributed by atoms with Gasteiger partial charge in [-0.3, -0.25) is 4.79 Å². The summed E-state index contributed by atoms with van der Waals surface area (Å²) >= 11 is 0. The summed E-state index contributed by atoms with van der Waals surface area (Å²) in [5, 5.41) is 0. The van der Waals surface area contributed by atoms with E-state index in [2.05, 4.69) is 6.58 Å². The summed E-state index contributed by atoms with van der Waals surface area (Å²) in [7, 11) is 0. The maximum atomic E-state index is 11.5. The first-order valence-electron chi connectivity index (χ1n) is 5.12. The first-order chi connectivity index (χ1) is 7.59. The summed E-state index contributed by atoms with van der Waals surface area (Å²) in [6.07, 6.45) is 1.14. The van der Waals surface area contributed by atoms with Crippen LogP contribution in [0, 0.1) is 0 Å². The van der Waals surface area contributed by atoms with Crippen LogP contribution in [0.15, 0.2) is 30.4 Å². The first-order valence-corrected chi connectivity index (χ1v) is 5.12. The van der Waals surface area contributed by atoms with Crippen LogP contribution in [0.2, 0.25) is 0 Å². The normalized spacial score (nSPS) is 13.4. The van der Waals surface area contributed by atoms with Crippen LogP contribution in [-0.2, 0) is 11.2 Å². The van der Waals surface area contributed by atoms with E-state index in [1.165, 1.54) is 0 Å². The molecule has 0 amide bonds. The number of fused-ring (bicyclic) bond motifs is 1. The van der Waals surface area contributed by atoms with Crippen LogP contribution in [0.4, 0.5) is 0 Å². The van der Waals surface area contributed by atoms with Crippen LogP contribution in [0.1, 0.15) is 29.3 Å². The van der Waals surface area contributed by atoms with Gasteiger partial charge in [-0.2, -0.15) is 0 Å². The molecule has 0 radical (unpaired) electrons. The molecule has 0 saturated heterocycles. The SMILES string of the molecule is C=C(C)C(=O)Oc1cccc2c1CCC2=O. The Morgan fingerprint density at radius 1 is 1.38 bits per heavy atom. The van der Waals surface area contributed by atoms with E-state index in [1.54, 1.807) is 25.1 Å². The van der Waals surface area contributed by atoms with Gasteiger partial charge in [-0.15, -0.1) is 0 Å². The van der Waals surface area contributed by atoms with Gasteiger partial charge in [0.15, 0.2) is 5.78 Å². The van der Waals surface area contributed by atoms with Crippen LogP contribution in [0.3, 0.4) is 0 Å². The average Bonchev–Trinajstić information content (AvgIpc) is 2.62. The molecule has 0 aliphatic heterocycles. The third-order valence-corrected chi connectivity index (χ3v) is 2.59. The van der Waals surface area contributed by atoms with Gasteiger partial charge in [-0.25, -0.2) is 4.79 Å². The molecule has 0 bridgehead atoms. The molecule has 16 heavy (non-hydrogen) atoms. The van der Waals surface area contributed by atoms with Crippen molar-refractivity contribution in [2.75, 3.05) is 0 Å². The minimum Gasteiger partial charge on any atom is -0.423 e. The molecular weight excluding hydrogens is 204 g/mol. The Balaban J connectivity index is 2.33. The molecule has 1 aromatic rings. The van der Waals surface area contributed by atoms with E-state index >= 15 is 0 Å². The summed E-state index contributed by atoms with van der Waals surface area (Å²) in [6, 6.07) is 5.20. The van der Waals surface area contributed by atoms with Crippen molar-refractivity contribution in [1.82, 2.24) is 0 Å². The van der Waals surface area contributed by atoms with Gasteiger partial charge in [-0.1, -0.05) is 18.7 Å². The van der Waals surface area contributed by atoms with E-state index in [0.717, 1.165) is 5.56 Å². The standard InChI is InChI=1S/C13H12O3/c1-8(2)13(15)16-12-5-3-4-9-10(12)6-7-11(9)14/h3-5H,1,6-7H2,2H3. The van der Waals surface area contributed by atoms with Crippen molar-refractivity contribution in [3.8, 4) is 5.75 Å². The third kappa shape index (κ3) is 1.76. The first kappa shape index (κ1) is 10.6. The number of hydrogen-bond acceptors (Lipinski definition) is 3. The Hall–Kier alpha value is -1.90. The number of carbonyl (C=O) groups is 2. The predicted octanol–water partition coefficient (Wildman–Crippen LogP) is 2.30. The van der Waals surface area contributed by atoms with E-state index in [0.29, 0.717) is 29.7 Å². The number of esters is 1. The van der Waals surface area contributed by atoms with Crippen LogP contribution < -0.4 is 4.74 Å². The Morgan fingerprint density at radius 2 is 2.12 bits per heavy atom. The summed E-state index contributed by atoms with van der Waals surface area (Å²) in [5.74, 6) is 0.146. The highest BCUT2D eigenvalue weighted by Gasteiger charge is 2.23.